The van der Waals surface area contributed by atoms with Crippen LogP contribution in [0.1, 0.15) is 24.8 Å². The number of carbonyl (C=O) groups excluding carboxylic acids is 1. The number of likely N-dealkylation sites (tertiary alicyclic amines) is 1. The fourth-order valence-electron chi connectivity index (χ4n) is 2.96. The summed E-state index contributed by atoms with van der Waals surface area (Å²) < 4.78 is 22.8. The molecule has 0 saturated carbocycles. The highest BCUT2D eigenvalue weighted by molar-refractivity contribution is 7.90. The van der Waals surface area contributed by atoms with Gasteiger partial charge in [-0.25, -0.2) is 13.2 Å². The summed E-state index contributed by atoms with van der Waals surface area (Å²) >= 11 is 0. The van der Waals surface area contributed by atoms with E-state index in [9.17, 15) is 13.2 Å². The molecule has 2 rings (SSSR count). The van der Waals surface area contributed by atoms with Crippen molar-refractivity contribution in [2.75, 3.05) is 31.6 Å². The zero-order chi connectivity index (χ0) is 16.7. The van der Waals surface area contributed by atoms with E-state index >= 15 is 0 Å². The third kappa shape index (κ3) is 6.56. The number of hydrogen-bond acceptors (Lipinski definition) is 4. The summed E-state index contributed by atoms with van der Waals surface area (Å²) in [4.78, 5) is 18.0. The molecule has 0 radical (unpaired) electrons. The maximum atomic E-state index is 12.2. The van der Waals surface area contributed by atoms with E-state index in [1.165, 1.54) is 6.26 Å². The molecule has 1 aromatic heterocycles. The Morgan fingerprint density at radius 1 is 1.48 bits per heavy atom. The van der Waals surface area contributed by atoms with Gasteiger partial charge in [0.2, 0.25) is 0 Å². The van der Waals surface area contributed by atoms with Crippen LogP contribution >= 0.6 is 0 Å². The van der Waals surface area contributed by atoms with E-state index < -0.39 is 9.84 Å². The Morgan fingerprint density at radius 3 is 3.00 bits per heavy atom. The van der Waals surface area contributed by atoms with Crippen molar-refractivity contribution in [1.29, 1.82) is 0 Å². The molecule has 0 spiro atoms. The largest absolute Gasteiger partial charge is 0.338 e. The van der Waals surface area contributed by atoms with E-state index in [2.05, 4.69) is 10.3 Å². The summed E-state index contributed by atoms with van der Waals surface area (Å²) in [7, 11) is -2.99. The number of sulfone groups is 1. The molecule has 0 aliphatic carbocycles. The van der Waals surface area contributed by atoms with Gasteiger partial charge in [-0.2, -0.15) is 0 Å². The number of piperidine rings is 1. The van der Waals surface area contributed by atoms with Gasteiger partial charge in [0, 0.05) is 38.3 Å². The molecule has 1 saturated heterocycles. The van der Waals surface area contributed by atoms with Crippen molar-refractivity contribution in [2.45, 2.75) is 25.7 Å². The predicted molar refractivity (Wildman–Crippen MR) is 90.0 cm³/mol. The van der Waals surface area contributed by atoms with E-state index in [0.717, 1.165) is 31.2 Å². The van der Waals surface area contributed by atoms with Gasteiger partial charge in [0.15, 0.2) is 0 Å². The molecule has 1 atom stereocenters. The molecule has 0 unspecified atom stereocenters. The number of aromatic nitrogens is 1. The van der Waals surface area contributed by atoms with Crippen LogP contribution in [0.2, 0.25) is 0 Å². The summed E-state index contributed by atoms with van der Waals surface area (Å²) in [5.41, 5.74) is 1.16. The normalized spacial score (nSPS) is 18.7. The van der Waals surface area contributed by atoms with Crippen molar-refractivity contribution in [3.8, 4) is 0 Å². The second kappa shape index (κ2) is 8.29. The summed E-state index contributed by atoms with van der Waals surface area (Å²) in [5, 5.41) is 2.92. The van der Waals surface area contributed by atoms with Crippen molar-refractivity contribution >= 4 is 15.9 Å². The molecule has 1 aliphatic rings. The van der Waals surface area contributed by atoms with Crippen molar-refractivity contribution in [2.24, 2.45) is 5.92 Å². The molecule has 7 heteroatoms. The van der Waals surface area contributed by atoms with Crippen molar-refractivity contribution in [3.05, 3.63) is 30.1 Å². The first kappa shape index (κ1) is 17.7. The molecule has 1 aliphatic heterocycles. The lowest BCUT2D eigenvalue weighted by Gasteiger charge is -2.32. The van der Waals surface area contributed by atoms with E-state index in [1.807, 2.05) is 18.3 Å². The second-order valence-electron chi connectivity index (χ2n) is 6.24. The number of aryl methyl sites for hydroxylation is 1. The smallest absolute Gasteiger partial charge is 0.317 e. The molecule has 1 aromatic rings. The van der Waals surface area contributed by atoms with Gasteiger partial charge >= 0.3 is 6.03 Å². The maximum absolute atomic E-state index is 12.2. The molecular weight excluding hydrogens is 314 g/mol. The second-order valence-corrected chi connectivity index (χ2v) is 8.43. The van der Waals surface area contributed by atoms with Gasteiger partial charge in [0.1, 0.15) is 9.84 Å². The van der Waals surface area contributed by atoms with Crippen molar-refractivity contribution in [1.82, 2.24) is 15.2 Å². The van der Waals surface area contributed by atoms with Crippen molar-refractivity contribution < 1.29 is 13.2 Å². The lowest BCUT2D eigenvalue weighted by atomic mass is 10.0. The number of urea groups is 1. The van der Waals surface area contributed by atoms with Crippen LogP contribution in [0.15, 0.2) is 24.5 Å². The number of pyridine rings is 1. The van der Waals surface area contributed by atoms with Crippen LogP contribution in [0.25, 0.3) is 0 Å². The zero-order valence-corrected chi connectivity index (χ0v) is 14.4. The number of nitrogens with one attached hydrogen (secondary N) is 1. The molecule has 2 heterocycles. The number of nitrogens with zero attached hydrogens (tertiary/aromatic N) is 2. The molecular formula is C16H25N3O3S. The SMILES string of the molecule is CS(=O)(=O)C[C@@H]1CCCN(C(=O)NCCCc2cccnc2)C1. The maximum Gasteiger partial charge on any atom is 0.317 e. The third-order valence-corrected chi connectivity index (χ3v) is 5.06. The first-order chi connectivity index (χ1) is 10.9. The molecule has 6 nitrogen and oxygen atoms in total. The Kier molecular flexibility index (Phi) is 6.38. The number of amides is 2. The highest BCUT2D eigenvalue weighted by atomic mass is 32.2. The molecule has 1 N–H and O–H groups in total. The van der Waals surface area contributed by atoms with E-state index in [-0.39, 0.29) is 17.7 Å². The van der Waals surface area contributed by atoms with Gasteiger partial charge in [0.25, 0.3) is 0 Å². The monoisotopic (exact) mass is 339 g/mol. The Labute approximate surface area is 138 Å². The molecule has 0 aromatic carbocycles. The van der Waals surface area contributed by atoms with E-state index in [1.54, 1.807) is 11.1 Å². The quantitative estimate of drug-likeness (QED) is 0.796. The molecule has 128 valence electrons. The number of carbonyl (C=O) groups is 1. The van der Waals surface area contributed by atoms with E-state index in [0.29, 0.717) is 19.6 Å². The third-order valence-electron chi connectivity index (χ3n) is 3.99. The average Bonchev–Trinajstić information content (AvgIpc) is 2.51. The number of rotatable bonds is 6. The minimum atomic E-state index is -2.99. The van der Waals surface area contributed by atoms with Gasteiger partial charge in [-0.15, -0.1) is 0 Å². The van der Waals surface area contributed by atoms with Crippen LogP contribution in [-0.2, 0) is 16.3 Å². The Hall–Kier alpha value is -1.63. The zero-order valence-electron chi connectivity index (χ0n) is 13.6. The highest BCUT2D eigenvalue weighted by Gasteiger charge is 2.25. The summed E-state index contributed by atoms with van der Waals surface area (Å²) in [6.07, 6.45) is 8.31. The standard InChI is InChI=1S/C16H25N3O3S/c1-23(21,22)13-15-7-4-10-19(12-15)16(20)18-9-3-6-14-5-2-8-17-11-14/h2,5,8,11,15H,3-4,6-7,9-10,12-13H2,1H3,(H,18,20)/t15-/m1/s1. The topological polar surface area (TPSA) is 79.4 Å². The fourth-order valence-corrected chi connectivity index (χ4v) is 4.09. The van der Waals surface area contributed by atoms with Gasteiger partial charge in [-0.1, -0.05) is 6.07 Å². The van der Waals surface area contributed by atoms with Crippen LogP contribution in [0.3, 0.4) is 0 Å². The molecule has 1 fully saturated rings. The average molecular weight is 339 g/mol. The molecule has 0 bridgehead atoms. The highest BCUT2D eigenvalue weighted by Crippen LogP contribution is 2.18. The minimum Gasteiger partial charge on any atom is -0.338 e. The lowest BCUT2D eigenvalue weighted by molar-refractivity contribution is 0.170. The van der Waals surface area contributed by atoms with Crippen LogP contribution < -0.4 is 5.32 Å². The Morgan fingerprint density at radius 2 is 2.30 bits per heavy atom. The molecule has 23 heavy (non-hydrogen) atoms. The van der Waals surface area contributed by atoms with E-state index in [4.69, 9.17) is 0 Å². The Balaban J connectivity index is 1.70. The number of hydrogen-bond donors (Lipinski definition) is 1. The van der Waals surface area contributed by atoms with Gasteiger partial charge in [0.05, 0.1) is 5.75 Å². The van der Waals surface area contributed by atoms with Crippen LogP contribution in [-0.4, -0.2) is 56.0 Å². The van der Waals surface area contributed by atoms with Gasteiger partial charge < -0.3 is 10.2 Å². The van der Waals surface area contributed by atoms with Crippen LogP contribution in [0.4, 0.5) is 4.79 Å². The van der Waals surface area contributed by atoms with Crippen molar-refractivity contribution in [3.63, 3.8) is 0 Å². The predicted octanol–water partition coefficient (Wildman–Crippen LogP) is 1.48. The lowest BCUT2D eigenvalue weighted by Crippen LogP contribution is -2.46. The molecule has 2 amide bonds. The van der Waals surface area contributed by atoms with Gasteiger partial charge in [-0.05, 0) is 43.2 Å². The fraction of sp³-hybridized carbons (Fsp3) is 0.625. The van der Waals surface area contributed by atoms with Crippen LogP contribution in [0, 0.1) is 5.92 Å². The first-order valence-electron chi connectivity index (χ1n) is 8.03. The van der Waals surface area contributed by atoms with Crippen LogP contribution in [0.5, 0.6) is 0 Å². The summed E-state index contributed by atoms with van der Waals surface area (Å²) in [6, 6.07) is 3.84. The summed E-state index contributed by atoms with van der Waals surface area (Å²) in [6.45, 7) is 1.84. The first-order valence-corrected chi connectivity index (χ1v) is 10.1. The Bertz CT molecular complexity index is 604. The summed E-state index contributed by atoms with van der Waals surface area (Å²) in [5.74, 6) is 0.220. The minimum absolute atomic E-state index is 0.0555. The van der Waals surface area contributed by atoms with Gasteiger partial charge in [-0.3, -0.25) is 4.98 Å².